The van der Waals surface area contributed by atoms with Gasteiger partial charge in [0.1, 0.15) is 11.5 Å². The molecule has 0 unspecified atom stereocenters. The van der Waals surface area contributed by atoms with Gasteiger partial charge in [-0.2, -0.15) is 0 Å². The average molecular weight is 324 g/mol. The number of pyridine rings is 1. The number of carboxylic acids is 1. The minimum Gasteiger partial charge on any atom is -0.497 e. The van der Waals surface area contributed by atoms with Gasteiger partial charge in [0, 0.05) is 6.07 Å². The number of aromatic nitrogens is 1. The number of carbonyl (C=O) groups is 1. The van der Waals surface area contributed by atoms with E-state index < -0.39 is 5.97 Å². The smallest absolute Gasteiger partial charge is 0.354 e. The molecule has 0 saturated heterocycles. The Morgan fingerprint density at radius 1 is 1.32 bits per heavy atom. The molecular weight excluding hydrogens is 314 g/mol. The van der Waals surface area contributed by atoms with Gasteiger partial charge in [0.2, 0.25) is 5.88 Å². The minimum atomic E-state index is -1.10. The molecule has 19 heavy (non-hydrogen) atoms. The molecule has 5 nitrogen and oxygen atoms in total. The summed E-state index contributed by atoms with van der Waals surface area (Å²) >= 11 is 3.34. The summed E-state index contributed by atoms with van der Waals surface area (Å²) in [7, 11) is 1.57. The van der Waals surface area contributed by atoms with Crippen molar-refractivity contribution in [1.82, 2.24) is 4.98 Å². The zero-order valence-electron chi connectivity index (χ0n) is 9.96. The molecule has 0 aliphatic heterocycles. The maximum absolute atomic E-state index is 10.8. The van der Waals surface area contributed by atoms with Crippen molar-refractivity contribution in [2.24, 2.45) is 0 Å². The number of nitrogens with zero attached hydrogens (tertiary/aromatic N) is 1. The Balaban J connectivity index is 2.26. The molecule has 0 radical (unpaired) electrons. The Hall–Kier alpha value is -2.08. The normalized spacial score (nSPS) is 10.0. The standard InChI is InChI=1S/C13H10BrNO4/c1-18-8-5-6-11(9(14)7-8)19-12-4-2-3-10(15-12)13(16)17/h2-7H,1H3,(H,16,17). The van der Waals surface area contributed by atoms with Crippen LogP contribution in [0.4, 0.5) is 0 Å². The van der Waals surface area contributed by atoms with E-state index in [0.29, 0.717) is 16.0 Å². The van der Waals surface area contributed by atoms with E-state index >= 15 is 0 Å². The van der Waals surface area contributed by atoms with Gasteiger partial charge in [0.25, 0.3) is 0 Å². The third-order valence-corrected chi connectivity index (χ3v) is 2.92. The molecule has 0 atom stereocenters. The molecule has 2 rings (SSSR count). The fourth-order valence-corrected chi connectivity index (χ4v) is 1.83. The van der Waals surface area contributed by atoms with Crippen molar-refractivity contribution in [2.45, 2.75) is 0 Å². The molecule has 0 fully saturated rings. The first kappa shape index (κ1) is 13.4. The molecule has 0 aliphatic carbocycles. The van der Waals surface area contributed by atoms with Crippen LogP contribution in [0.3, 0.4) is 0 Å². The number of hydrogen-bond acceptors (Lipinski definition) is 4. The highest BCUT2D eigenvalue weighted by Crippen LogP contribution is 2.32. The number of ether oxygens (including phenoxy) is 2. The lowest BCUT2D eigenvalue weighted by Crippen LogP contribution is -2.00. The molecule has 1 aromatic carbocycles. The zero-order chi connectivity index (χ0) is 13.8. The van der Waals surface area contributed by atoms with Crippen LogP contribution in [-0.2, 0) is 0 Å². The Morgan fingerprint density at radius 2 is 2.11 bits per heavy atom. The van der Waals surface area contributed by atoms with Gasteiger partial charge in [-0.15, -0.1) is 0 Å². The van der Waals surface area contributed by atoms with E-state index in [1.165, 1.54) is 6.07 Å². The van der Waals surface area contributed by atoms with Crippen LogP contribution in [-0.4, -0.2) is 23.2 Å². The second-order valence-corrected chi connectivity index (χ2v) is 4.42. The van der Waals surface area contributed by atoms with Gasteiger partial charge in [0.05, 0.1) is 11.6 Å². The van der Waals surface area contributed by atoms with Crippen molar-refractivity contribution in [2.75, 3.05) is 7.11 Å². The van der Waals surface area contributed by atoms with E-state index in [4.69, 9.17) is 14.6 Å². The topological polar surface area (TPSA) is 68.7 Å². The molecule has 0 spiro atoms. The molecule has 0 bridgehead atoms. The van der Waals surface area contributed by atoms with Gasteiger partial charge >= 0.3 is 5.97 Å². The summed E-state index contributed by atoms with van der Waals surface area (Å²) in [5.41, 5.74) is -0.0675. The van der Waals surface area contributed by atoms with E-state index in [0.717, 1.165) is 0 Å². The van der Waals surface area contributed by atoms with Crippen LogP contribution in [0.2, 0.25) is 0 Å². The number of carboxylic acid groups (broad SMARTS) is 1. The molecule has 6 heteroatoms. The minimum absolute atomic E-state index is 0.0675. The van der Waals surface area contributed by atoms with E-state index in [-0.39, 0.29) is 11.6 Å². The number of rotatable bonds is 4. The summed E-state index contributed by atoms with van der Waals surface area (Å²) < 4.78 is 11.3. The van der Waals surface area contributed by atoms with Crippen molar-refractivity contribution in [3.8, 4) is 17.4 Å². The van der Waals surface area contributed by atoms with Crippen molar-refractivity contribution in [3.63, 3.8) is 0 Å². The van der Waals surface area contributed by atoms with Crippen molar-refractivity contribution >= 4 is 21.9 Å². The van der Waals surface area contributed by atoms with E-state index in [1.807, 2.05) is 0 Å². The molecule has 1 N–H and O–H groups in total. The number of halogens is 1. The molecule has 0 saturated carbocycles. The molecule has 0 aliphatic rings. The van der Waals surface area contributed by atoms with Crippen LogP contribution in [0, 0.1) is 0 Å². The first-order chi connectivity index (χ1) is 9.10. The third kappa shape index (κ3) is 3.23. The van der Waals surface area contributed by atoms with Crippen LogP contribution in [0.1, 0.15) is 10.5 Å². The predicted octanol–water partition coefficient (Wildman–Crippen LogP) is 3.34. The Labute approximate surface area is 117 Å². The molecular formula is C13H10BrNO4. The monoisotopic (exact) mass is 323 g/mol. The highest BCUT2D eigenvalue weighted by Gasteiger charge is 2.08. The van der Waals surface area contributed by atoms with Gasteiger partial charge in [-0.3, -0.25) is 0 Å². The first-order valence-electron chi connectivity index (χ1n) is 5.32. The lowest BCUT2D eigenvalue weighted by molar-refractivity contribution is 0.0689. The largest absolute Gasteiger partial charge is 0.497 e. The fourth-order valence-electron chi connectivity index (χ4n) is 1.39. The Bertz CT molecular complexity index is 615. The van der Waals surface area contributed by atoms with Gasteiger partial charge in [-0.05, 0) is 40.2 Å². The van der Waals surface area contributed by atoms with Gasteiger partial charge < -0.3 is 14.6 Å². The second kappa shape index (κ2) is 5.71. The van der Waals surface area contributed by atoms with Crippen LogP contribution < -0.4 is 9.47 Å². The van der Waals surface area contributed by atoms with Crippen molar-refractivity contribution in [3.05, 3.63) is 46.6 Å². The summed E-state index contributed by atoms with van der Waals surface area (Å²) in [5, 5.41) is 8.85. The van der Waals surface area contributed by atoms with Crippen LogP contribution in [0.15, 0.2) is 40.9 Å². The zero-order valence-corrected chi connectivity index (χ0v) is 11.5. The van der Waals surface area contributed by atoms with Crippen molar-refractivity contribution in [1.29, 1.82) is 0 Å². The lowest BCUT2D eigenvalue weighted by Gasteiger charge is -2.08. The van der Waals surface area contributed by atoms with Crippen molar-refractivity contribution < 1.29 is 19.4 Å². The fraction of sp³-hybridized carbons (Fsp3) is 0.0769. The Morgan fingerprint density at radius 3 is 2.74 bits per heavy atom. The first-order valence-corrected chi connectivity index (χ1v) is 6.11. The summed E-state index contributed by atoms with van der Waals surface area (Å²) in [6.07, 6.45) is 0. The number of methoxy groups -OCH3 is 1. The molecule has 98 valence electrons. The van der Waals surface area contributed by atoms with Gasteiger partial charge in [-0.1, -0.05) is 6.07 Å². The maximum Gasteiger partial charge on any atom is 0.354 e. The summed E-state index contributed by atoms with van der Waals surface area (Å²) in [5.74, 6) is 0.326. The summed E-state index contributed by atoms with van der Waals surface area (Å²) in [4.78, 5) is 14.7. The molecule has 2 aromatic rings. The highest BCUT2D eigenvalue weighted by molar-refractivity contribution is 9.10. The van der Waals surface area contributed by atoms with Gasteiger partial charge in [0.15, 0.2) is 5.69 Å². The number of benzene rings is 1. The number of hydrogen-bond donors (Lipinski definition) is 1. The van der Waals surface area contributed by atoms with Crippen LogP contribution >= 0.6 is 15.9 Å². The average Bonchev–Trinajstić information content (AvgIpc) is 2.41. The van der Waals surface area contributed by atoms with E-state index in [9.17, 15) is 4.79 Å². The SMILES string of the molecule is COc1ccc(Oc2cccc(C(=O)O)n2)c(Br)c1. The lowest BCUT2D eigenvalue weighted by atomic mass is 10.3. The Kier molecular flexibility index (Phi) is 4.01. The second-order valence-electron chi connectivity index (χ2n) is 3.56. The predicted molar refractivity (Wildman–Crippen MR) is 72.0 cm³/mol. The molecule has 0 amide bonds. The summed E-state index contributed by atoms with van der Waals surface area (Å²) in [6, 6.07) is 9.75. The summed E-state index contributed by atoms with van der Waals surface area (Å²) in [6.45, 7) is 0. The quantitative estimate of drug-likeness (QED) is 0.934. The molecule has 1 aromatic heterocycles. The maximum atomic E-state index is 10.8. The highest BCUT2D eigenvalue weighted by atomic mass is 79.9. The molecule has 1 heterocycles. The van der Waals surface area contributed by atoms with E-state index in [2.05, 4.69) is 20.9 Å². The van der Waals surface area contributed by atoms with Crippen LogP contribution in [0.25, 0.3) is 0 Å². The van der Waals surface area contributed by atoms with Crippen LogP contribution in [0.5, 0.6) is 17.4 Å². The van der Waals surface area contributed by atoms with E-state index in [1.54, 1.807) is 37.4 Å². The number of aromatic carboxylic acids is 1. The van der Waals surface area contributed by atoms with Gasteiger partial charge in [-0.25, -0.2) is 9.78 Å². The third-order valence-electron chi connectivity index (χ3n) is 2.30.